The van der Waals surface area contributed by atoms with Crippen molar-refractivity contribution in [2.75, 3.05) is 6.54 Å². The Morgan fingerprint density at radius 1 is 1.16 bits per heavy atom. The molecule has 0 aromatic heterocycles. The molecule has 4 N–H and O–H groups in total. The normalized spacial score (nSPS) is 12.9. The Balaban J connectivity index is 4.36. The first-order valence-corrected chi connectivity index (χ1v) is 4.71. The monoisotopic (exact) mass is 290 g/mol. The van der Waals surface area contributed by atoms with Crippen LogP contribution in [0.5, 0.6) is 0 Å². The number of carboxylic acids is 2. The average Bonchev–Trinajstić information content (AvgIpc) is 2.24. The lowest BCUT2D eigenvalue weighted by Gasteiger charge is -2.17. The Hall–Kier alpha value is -2.07. The van der Waals surface area contributed by atoms with Crippen molar-refractivity contribution in [3.05, 3.63) is 0 Å². The highest BCUT2D eigenvalue weighted by atomic mass is 19.3. The van der Waals surface area contributed by atoms with Crippen LogP contribution in [0.25, 0.3) is 0 Å². The predicted octanol–water partition coefficient (Wildman–Crippen LogP) is 0.114. The van der Waals surface area contributed by atoms with Gasteiger partial charge in [-0.1, -0.05) is 0 Å². The van der Waals surface area contributed by atoms with Gasteiger partial charge in [-0.05, 0) is 0 Å². The fraction of sp³-hybridized carbons (Fsp3) is 0.625. The molecule has 0 heterocycles. The number of carbonyl (C=O) groups excluding carboxylic acids is 1. The van der Waals surface area contributed by atoms with Gasteiger partial charge < -0.3 is 20.8 Å². The van der Waals surface area contributed by atoms with Gasteiger partial charge in [0.05, 0.1) is 13.0 Å². The van der Waals surface area contributed by atoms with Gasteiger partial charge in [0.1, 0.15) is 6.04 Å². The first-order valence-electron chi connectivity index (χ1n) is 4.71. The molecule has 2 amide bonds. The number of rotatable bonds is 7. The summed E-state index contributed by atoms with van der Waals surface area (Å²) >= 11 is 0. The number of halogens is 4. The van der Waals surface area contributed by atoms with E-state index in [9.17, 15) is 31.9 Å². The molecule has 0 aromatic rings. The summed E-state index contributed by atoms with van der Waals surface area (Å²) in [5, 5.41) is 19.7. The van der Waals surface area contributed by atoms with Crippen LogP contribution in [0.15, 0.2) is 0 Å². The first-order chi connectivity index (χ1) is 8.56. The zero-order valence-corrected chi connectivity index (χ0v) is 9.20. The zero-order valence-electron chi connectivity index (χ0n) is 9.20. The van der Waals surface area contributed by atoms with Crippen molar-refractivity contribution in [1.82, 2.24) is 10.6 Å². The van der Waals surface area contributed by atoms with Gasteiger partial charge in [0.25, 0.3) is 0 Å². The van der Waals surface area contributed by atoms with Gasteiger partial charge in [-0.25, -0.2) is 18.4 Å². The van der Waals surface area contributed by atoms with Crippen LogP contribution in [0.1, 0.15) is 6.42 Å². The molecule has 0 aliphatic carbocycles. The number of amides is 2. The average molecular weight is 290 g/mol. The van der Waals surface area contributed by atoms with E-state index < -0.39 is 49.3 Å². The standard InChI is InChI=1S/C8H10F4N2O5/c9-6(10)8(11,12)2-13-7(19)14-3(5(17)18)1-4(15)16/h3,6H,1-2H2,(H,15,16)(H,17,18)(H2,13,14,19). The quantitative estimate of drug-likeness (QED) is 0.497. The van der Waals surface area contributed by atoms with Gasteiger partial charge in [0, 0.05) is 0 Å². The Kier molecular flexibility index (Phi) is 6.02. The van der Waals surface area contributed by atoms with Crippen molar-refractivity contribution in [2.45, 2.75) is 24.8 Å². The molecule has 0 saturated carbocycles. The van der Waals surface area contributed by atoms with Crippen LogP contribution in [0.3, 0.4) is 0 Å². The summed E-state index contributed by atoms with van der Waals surface area (Å²) in [6.45, 7) is -1.71. The molecule has 0 aliphatic heterocycles. The van der Waals surface area contributed by atoms with E-state index in [2.05, 4.69) is 0 Å². The molecular formula is C8H10F4N2O5. The second kappa shape index (κ2) is 6.75. The second-order valence-electron chi connectivity index (χ2n) is 3.38. The number of carbonyl (C=O) groups is 3. The topological polar surface area (TPSA) is 116 Å². The number of urea groups is 1. The molecule has 0 aromatic carbocycles. The van der Waals surface area contributed by atoms with Gasteiger partial charge in [-0.3, -0.25) is 4.79 Å². The van der Waals surface area contributed by atoms with Gasteiger partial charge in [0.15, 0.2) is 0 Å². The van der Waals surface area contributed by atoms with Crippen LogP contribution in [0.4, 0.5) is 22.4 Å². The van der Waals surface area contributed by atoms with Crippen LogP contribution >= 0.6 is 0 Å². The first kappa shape index (κ1) is 16.9. The molecular weight excluding hydrogens is 280 g/mol. The lowest BCUT2D eigenvalue weighted by molar-refractivity contribution is -0.145. The van der Waals surface area contributed by atoms with E-state index in [4.69, 9.17) is 10.2 Å². The minimum absolute atomic E-state index is 0.992. The van der Waals surface area contributed by atoms with Crippen molar-refractivity contribution >= 4 is 18.0 Å². The number of hydrogen-bond donors (Lipinski definition) is 4. The SMILES string of the molecule is O=C(O)CC(NC(=O)NCC(F)(F)C(F)F)C(=O)O. The maximum atomic E-state index is 12.4. The third-order valence-electron chi connectivity index (χ3n) is 1.79. The minimum atomic E-state index is -4.47. The van der Waals surface area contributed by atoms with E-state index in [-0.39, 0.29) is 0 Å². The third kappa shape index (κ3) is 6.43. The van der Waals surface area contributed by atoms with Crippen LogP contribution in [0.2, 0.25) is 0 Å². The van der Waals surface area contributed by atoms with Crippen LogP contribution < -0.4 is 10.6 Å². The van der Waals surface area contributed by atoms with Crippen molar-refractivity contribution in [1.29, 1.82) is 0 Å². The van der Waals surface area contributed by atoms with Crippen LogP contribution in [0, 0.1) is 0 Å². The number of alkyl halides is 4. The molecule has 0 rings (SSSR count). The lowest BCUT2D eigenvalue weighted by Crippen LogP contribution is -2.50. The zero-order chi connectivity index (χ0) is 15.2. The molecule has 1 atom stereocenters. The fourth-order valence-electron chi connectivity index (χ4n) is 0.859. The molecule has 0 radical (unpaired) electrons. The Bertz CT molecular complexity index is 363. The van der Waals surface area contributed by atoms with Crippen LogP contribution in [-0.2, 0) is 9.59 Å². The Morgan fingerprint density at radius 2 is 1.68 bits per heavy atom. The lowest BCUT2D eigenvalue weighted by atomic mass is 10.2. The summed E-state index contributed by atoms with van der Waals surface area (Å²) in [6.07, 6.45) is -4.99. The summed E-state index contributed by atoms with van der Waals surface area (Å²) in [5.74, 6) is -7.73. The number of nitrogens with one attached hydrogen (secondary N) is 2. The van der Waals surface area contributed by atoms with Crippen molar-refractivity contribution < 1.29 is 42.2 Å². The van der Waals surface area contributed by atoms with Gasteiger partial charge in [-0.15, -0.1) is 0 Å². The second-order valence-corrected chi connectivity index (χ2v) is 3.38. The molecule has 0 bridgehead atoms. The van der Waals surface area contributed by atoms with Crippen molar-refractivity contribution in [3.63, 3.8) is 0 Å². The number of hydrogen-bond acceptors (Lipinski definition) is 3. The number of carboxylic acid groups (broad SMARTS) is 2. The molecule has 7 nitrogen and oxygen atoms in total. The van der Waals surface area contributed by atoms with Gasteiger partial charge in [0.2, 0.25) is 0 Å². The van der Waals surface area contributed by atoms with E-state index in [0.717, 1.165) is 0 Å². The smallest absolute Gasteiger partial charge is 0.326 e. The molecule has 0 aliphatic rings. The minimum Gasteiger partial charge on any atom is -0.481 e. The van der Waals surface area contributed by atoms with E-state index in [1.807, 2.05) is 0 Å². The predicted molar refractivity (Wildman–Crippen MR) is 51.2 cm³/mol. The summed E-state index contributed by atoms with van der Waals surface area (Å²) in [7, 11) is 0. The van der Waals surface area contributed by atoms with Crippen LogP contribution in [-0.4, -0.2) is 53.1 Å². The summed E-state index contributed by atoms with van der Waals surface area (Å²) in [4.78, 5) is 31.7. The van der Waals surface area contributed by atoms with E-state index in [0.29, 0.717) is 0 Å². The molecule has 0 spiro atoms. The Labute approximate surface area is 103 Å². The van der Waals surface area contributed by atoms with E-state index >= 15 is 0 Å². The molecule has 0 fully saturated rings. The van der Waals surface area contributed by atoms with E-state index in [1.165, 1.54) is 5.32 Å². The summed E-state index contributed by atoms with van der Waals surface area (Å²) < 4.78 is 48.3. The summed E-state index contributed by atoms with van der Waals surface area (Å²) in [6, 6.07) is -3.35. The largest absolute Gasteiger partial charge is 0.481 e. The molecule has 0 saturated heterocycles. The van der Waals surface area contributed by atoms with Gasteiger partial charge >= 0.3 is 30.3 Å². The number of aliphatic carboxylic acids is 2. The third-order valence-corrected chi connectivity index (χ3v) is 1.79. The Morgan fingerprint density at radius 3 is 2.05 bits per heavy atom. The molecule has 19 heavy (non-hydrogen) atoms. The van der Waals surface area contributed by atoms with Gasteiger partial charge in [-0.2, -0.15) is 8.78 Å². The highest BCUT2D eigenvalue weighted by Gasteiger charge is 2.41. The van der Waals surface area contributed by atoms with E-state index in [1.54, 1.807) is 5.32 Å². The molecule has 110 valence electrons. The highest BCUT2D eigenvalue weighted by Crippen LogP contribution is 2.21. The molecule has 11 heteroatoms. The van der Waals surface area contributed by atoms with Crippen molar-refractivity contribution in [2.24, 2.45) is 0 Å². The maximum Gasteiger partial charge on any atom is 0.326 e. The fourth-order valence-corrected chi connectivity index (χ4v) is 0.859. The maximum absolute atomic E-state index is 12.4. The van der Waals surface area contributed by atoms with Crippen molar-refractivity contribution in [3.8, 4) is 0 Å². The summed E-state index contributed by atoms with van der Waals surface area (Å²) in [5.41, 5.74) is 0. The highest BCUT2D eigenvalue weighted by molar-refractivity contribution is 5.86. The molecule has 1 unspecified atom stereocenters.